The predicted octanol–water partition coefficient (Wildman–Crippen LogP) is 3.11. The van der Waals surface area contributed by atoms with Crippen LogP contribution in [0.3, 0.4) is 0 Å². The van der Waals surface area contributed by atoms with Gasteiger partial charge in [0.2, 0.25) is 0 Å². The lowest BCUT2D eigenvalue weighted by molar-refractivity contribution is 0.165. The summed E-state index contributed by atoms with van der Waals surface area (Å²) in [6.07, 6.45) is 1.95. The maximum atomic E-state index is 9.89. The van der Waals surface area contributed by atoms with Crippen LogP contribution in [0.1, 0.15) is 52.2 Å². The summed E-state index contributed by atoms with van der Waals surface area (Å²) in [4.78, 5) is 0. The molecule has 1 aromatic rings. The van der Waals surface area contributed by atoms with Crippen molar-refractivity contribution in [3.05, 3.63) is 35.4 Å². The van der Waals surface area contributed by atoms with Crippen LogP contribution in [0.4, 0.5) is 0 Å². The Labute approximate surface area is 136 Å². The number of hydrogen-bond donors (Lipinski definition) is 3. The van der Waals surface area contributed by atoms with Gasteiger partial charge in [-0.3, -0.25) is 0 Å². The number of rotatable bonds is 10. The van der Waals surface area contributed by atoms with Gasteiger partial charge in [-0.15, -0.1) is 0 Å². The van der Waals surface area contributed by atoms with Crippen LogP contribution in [-0.4, -0.2) is 30.3 Å². The van der Waals surface area contributed by atoms with Crippen LogP contribution in [0.25, 0.3) is 0 Å². The highest BCUT2D eigenvalue weighted by Crippen LogP contribution is 2.25. The minimum absolute atomic E-state index is 0.343. The zero-order valence-electron chi connectivity index (χ0n) is 14.9. The molecule has 0 aliphatic heterocycles. The molecule has 0 fully saturated rings. The van der Waals surface area contributed by atoms with E-state index in [9.17, 15) is 5.11 Å². The molecule has 3 N–H and O–H groups in total. The van der Waals surface area contributed by atoms with Crippen molar-refractivity contribution in [3.8, 4) is 0 Å². The third-order valence-electron chi connectivity index (χ3n) is 4.10. The first-order valence-corrected chi connectivity index (χ1v) is 8.52. The van der Waals surface area contributed by atoms with Crippen molar-refractivity contribution in [2.75, 3.05) is 13.1 Å². The monoisotopic (exact) mass is 306 g/mol. The smallest absolute Gasteiger partial charge is 0.0788 e. The highest BCUT2D eigenvalue weighted by Gasteiger charge is 2.15. The molecule has 0 saturated carbocycles. The molecule has 0 heterocycles. The minimum atomic E-state index is -0.343. The summed E-state index contributed by atoms with van der Waals surface area (Å²) in [5, 5.41) is 16.5. The molecule has 0 aromatic heterocycles. The van der Waals surface area contributed by atoms with Crippen LogP contribution < -0.4 is 10.6 Å². The lowest BCUT2D eigenvalue weighted by Gasteiger charge is -2.23. The first-order chi connectivity index (χ1) is 10.3. The number of benzene rings is 1. The van der Waals surface area contributed by atoms with Gasteiger partial charge in [-0.1, -0.05) is 65.3 Å². The predicted molar refractivity (Wildman–Crippen MR) is 95.1 cm³/mol. The normalized spacial score (nSPS) is 13.6. The van der Waals surface area contributed by atoms with Crippen molar-refractivity contribution in [1.82, 2.24) is 10.6 Å². The Balaban J connectivity index is 2.40. The molecule has 126 valence electrons. The van der Waals surface area contributed by atoms with E-state index in [-0.39, 0.29) is 6.10 Å². The average molecular weight is 306 g/mol. The van der Waals surface area contributed by atoms with Gasteiger partial charge >= 0.3 is 0 Å². The Hall–Kier alpha value is -0.900. The Morgan fingerprint density at radius 3 is 2.45 bits per heavy atom. The maximum absolute atomic E-state index is 9.89. The van der Waals surface area contributed by atoms with Crippen LogP contribution in [0.2, 0.25) is 0 Å². The van der Waals surface area contributed by atoms with Crippen molar-refractivity contribution < 1.29 is 5.11 Å². The molecule has 0 bridgehead atoms. The van der Waals surface area contributed by atoms with E-state index in [2.05, 4.69) is 69.5 Å². The molecular formula is C19H34N2O. The zero-order chi connectivity index (χ0) is 16.6. The summed E-state index contributed by atoms with van der Waals surface area (Å²) in [5.41, 5.74) is 3.03. The van der Waals surface area contributed by atoms with Crippen LogP contribution in [0.15, 0.2) is 24.3 Å². The van der Waals surface area contributed by atoms with E-state index < -0.39 is 0 Å². The summed E-state index contributed by atoms with van der Waals surface area (Å²) in [6.45, 7) is 13.1. The third kappa shape index (κ3) is 7.92. The fourth-order valence-electron chi connectivity index (χ4n) is 2.35. The maximum Gasteiger partial charge on any atom is 0.0788 e. The number of hydrogen-bond acceptors (Lipinski definition) is 3. The highest BCUT2D eigenvalue weighted by atomic mass is 16.3. The first-order valence-electron chi connectivity index (χ1n) is 8.52. The van der Waals surface area contributed by atoms with Crippen molar-refractivity contribution in [2.24, 2.45) is 5.41 Å². The SMILES string of the molecule is CCC(C)(C)Cc1cccc(CNCC(O)CNC(C)C)c1. The fourth-order valence-corrected chi connectivity index (χ4v) is 2.35. The van der Waals surface area contributed by atoms with Gasteiger partial charge in [-0.05, 0) is 23.0 Å². The molecule has 0 aliphatic carbocycles. The molecule has 1 aromatic carbocycles. The van der Waals surface area contributed by atoms with Gasteiger partial charge in [0.1, 0.15) is 0 Å². The van der Waals surface area contributed by atoms with Crippen LogP contribution in [-0.2, 0) is 13.0 Å². The third-order valence-corrected chi connectivity index (χ3v) is 4.10. The van der Waals surface area contributed by atoms with Gasteiger partial charge in [-0.2, -0.15) is 0 Å². The van der Waals surface area contributed by atoms with Crippen molar-refractivity contribution >= 4 is 0 Å². The fraction of sp³-hybridized carbons (Fsp3) is 0.684. The van der Waals surface area contributed by atoms with Crippen molar-refractivity contribution in [1.29, 1.82) is 0 Å². The van der Waals surface area contributed by atoms with Gasteiger partial charge in [0.15, 0.2) is 0 Å². The standard InChI is InChI=1S/C19H34N2O/c1-6-19(4,5)11-16-8-7-9-17(10-16)12-20-13-18(22)14-21-15(2)3/h7-10,15,18,20-22H,6,11-14H2,1-5H3. The summed E-state index contributed by atoms with van der Waals surface area (Å²) in [7, 11) is 0. The minimum Gasteiger partial charge on any atom is -0.390 e. The molecule has 1 rings (SSSR count). The Morgan fingerprint density at radius 1 is 1.14 bits per heavy atom. The first kappa shape index (κ1) is 19.1. The molecule has 1 unspecified atom stereocenters. The van der Waals surface area contributed by atoms with Gasteiger partial charge in [0.05, 0.1) is 6.10 Å². The van der Waals surface area contributed by atoms with E-state index in [1.54, 1.807) is 0 Å². The van der Waals surface area contributed by atoms with Crippen LogP contribution in [0.5, 0.6) is 0 Å². The molecule has 0 aliphatic rings. The Kier molecular flexibility index (Phi) is 8.08. The van der Waals surface area contributed by atoms with Gasteiger partial charge in [0, 0.05) is 25.7 Å². The summed E-state index contributed by atoms with van der Waals surface area (Å²) in [6, 6.07) is 9.18. The molecule has 0 spiro atoms. The summed E-state index contributed by atoms with van der Waals surface area (Å²) >= 11 is 0. The van der Waals surface area contributed by atoms with Gasteiger partial charge in [-0.25, -0.2) is 0 Å². The molecule has 1 atom stereocenters. The van der Waals surface area contributed by atoms with E-state index in [0.717, 1.165) is 13.0 Å². The second-order valence-electron chi connectivity index (χ2n) is 7.36. The second-order valence-corrected chi connectivity index (χ2v) is 7.36. The molecule has 0 radical (unpaired) electrons. The van der Waals surface area contributed by atoms with Gasteiger partial charge < -0.3 is 15.7 Å². The van der Waals surface area contributed by atoms with E-state index in [4.69, 9.17) is 0 Å². The van der Waals surface area contributed by atoms with Crippen molar-refractivity contribution in [3.63, 3.8) is 0 Å². The molecule has 3 nitrogen and oxygen atoms in total. The Morgan fingerprint density at radius 2 is 1.82 bits per heavy atom. The molecule has 0 saturated heterocycles. The van der Waals surface area contributed by atoms with Crippen LogP contribution in [0, 0.1) is 5.41 Å². The lowest BCUT2D eigenvalue weighted by Crippen LogP contribution is -2.37. The lowest BCUT2D eigenvalue weighted by atomic mass is 9.83. The Bertz CT molecular complexity index is 429. The highest BCUT2D eigenvalue weighted by molar-refractivity contribution is 5.24. The molecule has 22 heavy (non-hydrogen) atoms. The zero-order valence-corrected chi connectivity index (χ0v) is 14.9. The average Bonchev–Trinajstić information content (AvgIpc) is 2.45. The number of nitrogens with one attached hydrogen (secondary N) is 2. The molecule has 3 heteroatoms. The number of aliphatic hydroxyl groups is 1. The van der Waals surface area contributed by atoms with E-state index in [1.165, 1.54) is 17.5 Å². The largest absolute Gasteiger partial charge is 0.390 e. The summed E-state index contributed by atoms with van der Waals surface area (Å²) in [5.74, 6) is 0. The van der Waals surface area contributed by atoms with E-state index >= 15 is 0 Å². The topological polar surface area (TPSA) is 44.3 Å². The number of aliphatic hydroxyl groups excluding tert-OH is 1. The van der Waals surface area contributed by atoms with Crippen LogP contribution >= 0.6 is 0 Å². The summed E-state index contributed by atoms with van der Waals surface area (Å²) < 4.78 is 0. The second kappa shape index (κ2) is 9.29. The molecule has 0 amide bonds. The van der Waals surface area contributed by atoms with E-state index in [1.807, 2.05) is 0 Å². The van der Waals surface area contributed by atoms with E-state index in [0.29, 0.717) is 24.5 Å². The van der Waals surface area contributed by atoms with Crippen molar-refractivity contribution in [2.45, 2.75) is 66.2 Å². The molecular weight excluding hydrogens is 272 g/mol. The quantitative estimate of drug-likeness (QED) is 0.622. The van der Waals surface area contributed by atoms with Gasteiger partial charge in [0.25, 0.3) is 0 Å².